The van der Waals surface area contributed by atoms with Gasteiger partial charge in [0.1, 0.15) is 11.5 Å². The minimum Gasteiger partial charge on any atom is -0.497 e. The Kier molecular flexibility index (Phi) is 6.65. The maximum atomic E-state index is 12.9. The van der Waals surface area contributed by atoms with Crippen molar-refractivity contribution in [3.8, 4) is 11.5 Å². The first-order chi connectivity index (χ1) is 13.5. The van der Waals surface area contributed by atoms with E-state index < -0.39 is 0 Å². The monoisotopic (exact) mass is 416 g/mol. The molecule has 5 nitrogen and oxygen atoms in total. The summed E-state index contributed by atoms with van der Waals surface area (Å²) in [5, 5.41) is 1.23. The van der Waals surface area contributed by atoms with Gasteiger partial charge in [0.25, 0.3) is 5.91 Å². The summed E-state index contributed by atoms with van der Waals surface area (Å²) in [5.74, 6) is 1.37. The van der Waals surface area contributed by atoms with Crippen LogP contribution in [0.25, 0.3) is 6.08 Å². The number of amides is 1. The van der Waals surface area contributed by atoms with E-state index in [-0.39, 0.29) is 5.91 Å². The van der Waals surface area contributed by atoms with E-state index >= 15 is 0 Å². The molecule has 0 atom stereocenters. The molecule has 1 heterocycles. The van der Waals surface area contributed by atoms with Crippen molar-refractivity contribution in [3.63, 3.8) is 0 Å². The molecule has 0 spiro atoms. The highest BCUT2D eigenvalue weighted by Gasteiger charge is 2.32. The third-order valence-electron chi connectivity index (χ3n) is 4.06. The van der Waals surface area contributed by atoms with E-state index in [0.717, 1.165) is 17.0 Å². The Morgan fingerprint density at radius 3 is 2.57 bits per heavy atom. The second kappa shape index (κ2) is 9.17. The highest BCUT2D eigenvalue weighted by Crippen LogP contribution is 2.36. The smallest absolute Gasteiger partial charge is 0.266 e. The van der Waals surface area contributed by atoms with E-state index in [1.54, 1.807) is 24.1 Å². The number of benzene rings is 2. The zero-order valence-corrected chi connectivity index (χ0v) is 17.5. The SMILES string of the molecule is CCOc1ccc(Cl)cc1/C=C1\SC(=Nc2ccc(OC)cc2)N(CC)C1=O. The van der Waals surface area contributed by atoms with Gasteiger partial charge in [-0.05, 0) is 74.1 Å². The number of thioether (sulfide) groups is 1. The molecule has 0 unspecified atom stereocenters. The van der Waals surface area contributed by atoms with Crippen molar-refractivity contribution in [2.75, 3.05) is 20.3 Å². The van der Waals surface area contributed by atoms with Crippen LogP contribution in [-0.4, -0.2) is 36.2 Å². The highest BCUT2D eigenvalue weighted by molar-refractivity contribution is 8.18. The summed E-state index contributed by atoms with van der Waals surface area (Å²) in [6.45, 7) is 4.91. The second-order valence-corrected chi connectivity index (χ2v) is 7.31. The summed E-state index contributed by atoms with van der Waals surface area (Å²) in [4.78, 5) is 19.7. The molecule has 2 aromatic rings. The van der Waals surface area contributed by atoms with Crippen LogP contribution >= 0.6 is 23.4 Å². The van der Waals surface area contributed by atoms with Crippen LogP contribution in [0, 0.1) is 0 Å². The Labute approximate surface area is 174 Å². The summed E-state index contributed by atoms with van der Waals surface area (Å²) in [6, 6.07) is 12.8. The molecule has 1 aliphatic rings. The molecular weight excluding hydrogens is 396 g/mol. The van der Waals surface area contributed by atoms with Gasteiger partial charge in [0.2, 0.25) is 0 Å². The Morgan fingerprint density at radius 1 is 1.18 bits per heavy atom. The summed E-state index contributed by atoms with van der Waals surface area (Å²) >= 11 is 7.48. The number of carbonyl (C=O) groups is 1. The molecule has 2 aromatic carbocycles. The van der Waals surface area contributed by atoms with Crippen LogP contribution in [0.3, 0.4) is 0 Å². The quantitative estimate of drug-likeness (QED) is 0.594. The number of likely N-dealkylation sites (N-methyl/N-ethyl adjacent to an activating group) is 1. The van der Waals surface area contributed by atoms with Crippen LogP contribution in [0.1, 0.15) is 19.4 Å². The third kappa shape index (κ3) is 4.51. The van der Waals surface area contributed by atoms with Gasteiger partial charge in [-0.25, -0.2) is 4.99 Å². The van der Waals surface area contributed by atoms with Crippen molar-refractivity contribution >= 4 is 46.2 Å². The molecule has 0 N–H and O–H groups in total. The number of halogens is 1. The van der Waals surface area contributed by atoms with E-state index in [4.69, 9.17) is 21.1 Å². The lowest BCUT2D eigenvalue weighted by Crippen LogP contribution is -2.28. The molecule has 146 valence electrons. The number of methoxy groups -OCH3 is 1. The van der Waals surface area contributed by atoms with Crippen molar-refractivity contribution in [3.05, 3.63) is 58.0 Å². The standard InChI is InChI=1S/C21H21ClN2O3S/c1-4-24-20(25)19(13-14-12-15(22)6-11-18(14)27-5-2)28-21(24)23-16-7-9-17(26-3)10-8-16/h6-13H,4-5H2,1-3H3/b19-13-,23-21?. The molecule has 0 bridgehead atoms. The first-order valence-corrected chi connectivity index (χ1v) is 10.1. The largest absolute Gasteiger partial charge is 0.497 e. The predicted molar refractivity (Wildman–Crippen MR) is 116 cm³/mol. The van der Waals surface area contributed by atoms with Gasteiger partial charge in [0, 0.05) is 17.1 Å². The van der Waals surface area contributed by atoms with Gasteiger partial charge in [-0.3, -0.25) is 9.69 Å². The molecule has 1 fully saturated rings. The molecule has 3 rings (SSSR count). The first-order valence-electron chi connectivity index (χ1n) is 8.92. The van der Waals surface area contributed by atoms with Gasteiger partial charge in [0.15, 0.2) is 5.17 Å². The minimum absolute atomic E-state index is 0.0813. The Hall–Kier alpha value is -2.44. The molecule has 28 heavy (non-hydrogen) atoms. The molecule has 0 aromatic heterocycles. The first kappa shape index (κ1) is 20.3. The van der Waals surface area contributed by atoms with Crippen LogP contribution in [-0.2, 0) is 4.79 Å². The van der Waals surface area contributed by atoms with E-state index in [1.807, 2.05) is 50.3 Å². The number of carbonyl (C=O) groups excluding carboxylic acids is 1. The van der Waals surface area contributed by atoms with Crippen molar-refractivity contribution < 1.29 is 14.3 Å². The fraction of sp³-hybridized carbons (Fsp3) is 0.238. The van der Waals surface area contributed by atoms with E-state index in [0.29, 0.717) is 34.0 Å². The van der Waals surface area contributed by atoms with Gasteiger partial charge < -0.3 is 9.47 Å². The zero-order chi connectivity index (χ0) is 20.1. The number of hydrogen-bond donors (Lipinski definition) is 0. The number of nitrogens with zero attached hydrogens (tertiary/aromatic N) is 2. The average molecular weight is 417 g/mol. The topological polar surface area (TPSA) is 51.1 Å². The number of ether oxygens (including phenoxy) is 2. The van der Waals surface area contributed by atoms with Crippen LogP contribution in [0.15, 0.2) is 52.4 Å². The number of aliphatic imine (C=N–C) groups is 1. The van der Waals surface area contributed by atoms with Crippen LogP contribution in [0.2, 0.25) is 5.02 Å². The minimum atomic E-state index is -0.0813. The zero-order valence-electron chi connectivity index (χ0n) is 15.9. The van der Waals surface area contributed by atoms with Crippen molar-refractivity contribution in [2.24, 2.45) is 4.99 Å². The number of hydrogen-bond acceptors (Lipinski definition) is 5. The van der Waals surface area contributed by atoms with Crippen LogP contribution in [0.5, 0.6) is 11.5 Å². The molecular formula is C21H21ClN2O3S. The molecule has 0 radical (unpaired) electrons. The van der Waals surface area contributed by atoms with Crippen molar-refractivity contribution in [1.82, 2.24) is 4.90 Å². The summed E-state index contributed by atoms with van der Waals surface area (Å²) < 4.78 is 10.8. The molecule has 0 aliphatic carbocycles. The van der Waals surface area contributed by atoms with E-state index in [1.165, 1.54) is 11.8 Å². The Bertz CT molecular complexity index is 926. The van der Waals surface area contributed by atoms with E-state index in [2.05, 4.69) is 4.99 Å². The van der Waals surface area contributed by atoms with Crippen molar-refractivity contribution in [1.29, 1.82) is 0 Å². The summed E-state index contributed by atoms with van der Waals surface area (Å²) in [5.41, 5.74) is 1.53. The van der Waals surface area contributed by atoms with Gasteiger partial charge in [-0.2, -0.15) is 0 Å². The fourth-order valence-electron chi connectivity index (χ4n) is 2.70. The normalized spacial score (nSPS) is 16.9. The molecule has 0 saturated carbocycles. The lowest BCUT2D eigenvalue weighted by molar-refractivity contribution is -0.122. The number of amidine groups is 1. The molecule has 1 aliphatic heterocycles. The summed E-state index contributed by atoms with van der Waals surface area (Å²) in [6.07, 6.45) is 1.81. The second-order valence-electron chi connectivity index (χ2n) is 5.87. The van der Waals surface area contributed by atoms with Gasteiger partial charge >= 0.3 is 0 Å². The maximum Gasteiger partial charge on any atom is 0.266 e. The fourth-order valence-corrected chi connectivity index (χ4v) is 3.93. The third-order valence-corrected chi connectivity index (χ3v) is 5.30. The average Bonchev–Trinajstić information content (AvgIpc) is 2.99. The van der Waals surface area contributed by atoms with Crippen LogP contribution < -0.4 is 9.47 Å². The summed E-state index contributed by atoms with van der Waals surface area (Å²) in [7, 11) is 1.62. The van der Waals surface area contributed by atoms with Crippen LogP contribution in [0.4, 0.5) is 5.69 Å². The molecule has 1 amide bonds. The maximum absolute atomic E-state index is 12.9. The highest BCUT2D eigenvalue weighted by atomic mass is 35.5. The van der Waals surface area contributed by atoms with E-state index in [9.17, 15) is 4.79 Å². The van der Waals surface area contributed by atoms with Gasteiger partial charge in [0.05, 0.1) is 24.3 Å². The van der Waals surface area contributed by atoms with Gasteiger partial charge in [-0.15, -0.1) is 0 Å². The number of rotatable bonds is 6. The predicted octanol–water partition coefficient (Wildman–Crippen LogP) is 5.37. The lowest BCUT2D eigenvalue weighted by atomic mass is 10.2. The Morgan fingerprint density at radius 2 is 1.93 bits per heavy atom. The Balaban J connectivity index is 1.94. The lowest BCUT2D eigenvalue weighted by Gasteiger charge is -2.12. The molecule has 7 heteroatoms. The van der Waals surface area contributed by atoms with Crippen molar-refractivity contribution in [2.45, 2.75) is 13.8 Å². The van der Waals surface area contributed by atoms with Gasteiger partial charge in [-0.1, -0.05) is 11.6 Å². The molecule has 1 saturated heterocycles.